The van der Waals surface area contributed by atoms with E-state index in [4.69, 9.17) is 0 Å². The molecule has 0 bridgehead atoms. The van der Waals surface area contributed by atoms with E-state index in [0.29, 0.717) is 0 Å². The average Bonchev–Trinajstić information content (AvgIpc) is 2.27. The fourth-order valence-electron chi connectivity index (χ4n) is 1.68. The summed E-state index contributed by atoms with van der Waals surface area (Å²) in [5.41, 5.74) is 1.88. The fraction of sp³-hybridized carbons (Fsp3) is 0.562. The predicted molar refractivity (Wildman–Crippen MR) is 73.5 cm³/mol. The van der Waals surface area contributed by atoms with Gasteiger partial charge in [-0.2, -0.15) is 0 Å². The Bertz CT molecular complexity index is 408. The summed E-state index contributed by atoms with van der Waals surface area (Å²) in [5.74, 6) is 0.242. The fourth-order valence-corrected chi connectivity index (χ4v) is 1.68. The lowest BCUT2D eigenvalue weighted by Gasteiger charge is -2.23. The van der Waals surface area contributed by atoms with Crippen molar-refractivity contribution in [2.24, 2.45) is 5.41 Å². The Balaban J connectivity index is 3.13. The summed E-state index contributed by atoms with van der Waals surface area (Å²) >= 11 is 0. The molecular weight excluding hydrogens is 208 g/mol. The molecular formula is C16H24O. The minimum atomic E-state index is -0.267. The lowest BCUT2D eigenvalue weighted by atomic mass is 9.79. The van der Waals surface area contributed by atoms with Crippen molar-refractivity contribution in [1.82, 2.24) is 0 Å². The smallest absolute Gasteiger partial charge is 0.168 e. The number of Topliss-reactive ketones (excluding diaryl/α,β-unsaturated/α-hetero) is 1. The first kappa shape index (κ1) is 14.0. The highest BCUT2D eigenvalue weighted by molar-refractivity contribution is 6.00. The van der Waals surface area contributed by atoms with Gasteiger partial charge in [-0.25, -0.2) is 0 Å². The van der Waals surface area contributed by atoms with Crippen LogP contribution in [0.4, 0.5) is 0 Å². The van der Waals surface area contributed by atoms with Crippen LogP contribution in [0.2, 0.25) is 0 Å². The maximum atomic E-state index is 12.4. The van der Waals surface area contributed by atoms with Crippen molar-refractivity contribution in [1.29, 1.82) is 0 Å². The van der Waals surface area contributed by atoms with Gasteiger partial charge >= 0.3 is 0 Å². The van der Waals surface area contributed by atoms with Crippen LogP contribution in [0.25, 0.3) is 0 Å². The maximum absolute atomic E-state index is 12.4. The maximum Gasteiger partial charge on any atom is 0.168 e. The van der Waals surface area contributed by atoms with Crippen LogP contribution in [-0.4, -0.2) is 5.78 Å². The van der Waals surface area contributed by atoms with Crippen LogP contribution < -0.4 is 0 Å². The molecule has 0 amide bonds. The molecule has 1 aromatic rings. The van der Waals surface area contributed by atoms with Crippen LogP contribution in [0, 0.1) is 5.41 Å². The first-order valence-corrected chi connectivity index (χ1v) is 6.34. The second-order valence-electron chi connectivity index (χ2n) is 6.40. The largest absolute Gasteiger partial charge is 0.294 e. The predicted octanol–water partition coefficient (Wildman–Crippen LogP) is 4.60. The van der Waals surface area contributed by atoms with E-state index < -0.39 is 0 Å². The number of carbonyl (C=O) groups excluding carboxylic acids is 1. The van der Waals surface area contributed by atoms with Crippen LogP contribution in [-0.2, 0) is 5.41 Å². The Kier molecular flexibility index (Phi) is 3.81. The van der Waals surface area contributed by atoms with Crippen LogP contribution >= 0.6 is 0 Å². The van der Waals surface area contributed by atoms with Gasteiger partial charge < -0.3 is 0 Å². The highest BCUT2D eigenvalue weighted by Crippen LogP contribution is 2.28. The minimum absolute atomic E-state index is 0.0899. The van der Waals surface area contributed by atoms with Crippen LogP contribution in [0.3, 0.4) is 0 Å². The molecule has 0 saturated heterocycles. The van der Waals surface area contributed by atoms with Crippen molar-refractivity contribution in [2.45, 2.75) is 53.4 Å². The summed E-state index contributed by atoms with van der Waals surface area (Å²) in [6.07, 6.45) is 0.867. The summed E-state index contributed by atoms with van der Waals surface area (Å²) in [6.45, 7) is 12.6. The van der Waals surface area contributed by atoms with Gasteiger partial charge in [-0.1, -0.05) is 59.7 Å². The number of carbonyl (C=O) groups is 1. The van der Waals surface area contributed by atoms with E-state index in [0.717, 1.165) is 12.0 Å². The Labute approximate surface area is 105 Å². The van der Waals surface area contributed by atoms with E-state index in [1.165, 1.54) is 5.56 Å². The second kappa shape index (κ2) is 4.64. The van der Waals surface area contributed by atoms with E-state index >= 15 is 0 Å². The van der Waals surface area contributed by atoms with Gasteiger partial charge in [-0.15, -0.1) is 0 Å². The lowest BCUT2D eigenvalue weighted by Crippen LogP contribution is -2.24. The highest BCUT2D eigenvalue weighted by atomic mass is 16.1. The van der Waals surface area contributed by atoms with Crippen molar-refractivity contribution in [3.63, 3.8) is 0 Å². The number of benzene rings is 1. The molecule has 0 aromatic heterocycles. The Hall–Kier alpha value is -1.11. The van der Waals surface area contributed by atoms with E-state index in [2.05, 4.69) is 33.8 Å². The zero-order valence-corrected chi connectivity index (χ0v) is 11.9. The number of rotatable bonds is 3. The van der Waals surface area contributed by atoms with Gasteiger partial charge in [0.05, 0.1) is 0 Å². The third-order valence-corrected chi connectivity index (χ3v) is 3.49. The lowest BCUT2D eigenvalue weighted by molar-refractivity contribution is 0.0833. The number of hydrogen-bond acceptors (Lipinski definition) is 1. The third-order valence-electron chi connectivity index (χ3n) is 3.49. The molecule has 0 aliphatic heterocycles. The summed E-state index contributed by atoms with van der Waals surface area (Å²) < 4.78 is 0. The van der Waals surface area contributed by atoms with E-state index in [1.54, 1.807) is 0 Å². The van der Waals surface area contributed by atoms with Crippen LogP contribution in [0.15, 0.2) is 24.3 Å². The van der Waals surface area contributed by atoms with Gasteiger partial charge in [0.25, 0.3) is 0 Å². The zero-order chi connectivity index (χ0) is 13.3. The van der Waals surface area contributed by atoms with Gasteiger partial charge in [0.15, 0.2) is 5.78 Å². The molecule has 1 aromatic carbocycles. The number of hydrogen-bond donors (Lipinski definition) is 0. The SMILES string of the molecule is CCC(C)(C)C(=O)c1cccc(C(C)(C)C)c1. The first-order chi connectivity index (χ1) is 7.68. The monoisotopic (exact) mass is 232 g/mol. The molecule has 0 fully saturated rings. The molecule has 0 N–H and O–H groups in total. The standard InChI is InChI=1S/C16H24O/c1-7-16(5,6)14(17)12-9-8-10-13(11-12)15(2,3)4/h8-11H,7H2,1-6H3. The second-order valence-corrected chi connectivity index (χ2v) is 6.40. The summed E-state index contributed by atoms with van der Waals surface area (Å²) in [6, 6.07) is 8.05. The van der Waals surface area contributed by atoms with Gasteiger partial charge in [0.1, 0.15) is 0 Å². The summed E-state index contributed by atoms with van der Waals surface area (Å²) in [5, 5.41) is 0. The molecule has 17 heavy (non-hydrogen) atoms. The van der Waals surface area contributed by atoms with Gasteiger partial charge in [0.2, 0.25) is 0 Å². The third kappa shape index (κ3) is 3.18. The van der Waals surface area contributed by atoms with Crippen molar-refractivity contribution in [3.8, 4) is 0 Å². The van der Waals surface area contributed by atoms with Gasteiger partial charge in [-0.05, 0) is 23.5 Å². The first-order valence-electron chi connectivity index (χ1n) is 6.34. The summed E-state index contributed by atoms with van der Waals surface area (Å²) in [7, 11) is 0. The van der Waals surface area contributed by atoms with Gasteiger partial charge in [-0.3, -0.25) is 4.79 Å². The number of ketones is 1. The van der Waals surface area contributed by atoms with Crippen LogP contribution in [0.1, 0.15) is 63.9 Å². The molecule has 0 saturated carbocycles. The Morgan fingerprint density at radius 1 is 1.12 bits per heavy atom. The van der Waals surface area contributed by atoms with E-state index in [-0.39, 0.29) is 16.6 Å². The van der Waals surface area contributed by atoms with E-state index in [1.807, 2.05) is 32.0 Å². The van der Waals surface area contributed by atoms with Crippen molar-refractivity contribution in [2.75, 3.05) is 0 Å². The highest BCUT2D eigenvalue weighted by Gasteiger charge is 2.27. The summed E-state index contributed by atoms with van der Waals surface area (Å²) in [4.78, 5) is 12.4. The molecule has 1 nitrogen and oxygen atoms in total. The van der Waals surface area contributed by atoms with Gasteiger partial charge in [0, 0.05) is 11.0 Å². The zero-order valence-electron chi connectivity index (χ0n) is 11.9. The topological polar surface area (TPSA) is 17.1 Å². The molecule has 1 rings (SSSR count). The molecule has 0 aliphatic carbocycles. The minimum Gasteiger partial charge on any atom is -0.294 e. The molecule has 94 valence electrons. The molecule has 0 radical (unpaired) electrons. The Morgan fingerprint density at radius 2 is 1.71 bits per heavy atom. The Morgan fingerprint density at radius 3 is 2.18 bits per heavy atom. The van der Waals surface area contributed by atoms with Crippen LogP contribution in [0.5, 0.6) is 0 Å². The molecule has 0 atom stereocenters. The average molecular weight is 232 g/mol. The molecule has 0 heterocycles. The molecule has 0 aliphatic rings. The quantitative estimate of drug-likeness (QED) is 0.696. The van der Waals surface area contributed by atoms with Crippen molar-refractivity contribution >= 4 is 5.78 Å². The normalized spacial score (nSPS) is 12.6. The van der Waals surface area contributed by atoms with Crippen molar-refractivity contribution < 1.29 is 4.79 Å². The van der Waals surface area contributed by atoms with E-state index in [9.17, 15) is 4.79 Å². The van der Waals surface area contributed by atoms with Crippen molar-refractivity contribution in [3.05, 3.63) is 35.4 Å². The molecule has 0 spiro atoms. The molecule has 1 heteroatoms. The molecule has 0 unspecified atom stereocenters.